The van der Waals surface area contributed by atoms with Gasteiger partial charge in [-0.15, -0.1) is 0 Å². The van der Waals surface area contributed by atoms with Crippen molar-refractivity contribution in [2.75, 3.05) is 4.90 Å². The summed E-state index contributed by atoms with van der Waals surface area (Å²) in [5, 5.41) is 2.56. The number of benzene rings is 2. The molecule has 26 heavy (non-hydrogen) atoms. The van der Waals surface area contributed by atoms with Crippen LogP contribution in [0.4, 0.5) is 15.8 Å². The van der Waals surface area contributed by atoms with E-state index in [-0.39, 0.29) is 10.9 Å². The van der Waals surface area contributed by atoms with E-state index in [1.54, 1.807) is 25.1 Å². The zero-order valence-corrected chi connectivity index (χ0v) is 15.0. The summed E-state index contributed by atoms with van der Waals surface area (Å²) in [5.41, 5.74) is 2.50. The fourth-order valence-corrected chi connectivity index (χ4v) is 2.83. The second kappa shape index (κ2) is 7.13. The number of rotatable bonds is 3. The molecular formula is C19H16FN3O2S. The second-order valence-corrected chi connectivity index (χ2v) is 6.38. The van der Waals surface area contributed by atoms with Crippen LogP contribution in [-0.2, 0) is 9.59 Å². The number of hydrogen-bond donors (Lipinski definition) is 1. The number of nitrogens with one attached hydrogen (secondary N) is 1. The number of halogens is 1. The van der Waals surface area contributed by atoms with Gasteiger partial charge in [0, 0.05) is 6.21 Å². The third kappa shape index (κ3) is 3.52. The Balaban J connectivity index is 1.88. The summed E-state index contributed by atoms with van der Waals surface area (Å²) >= 11 is 5.15. The lowest BCUT2D eigenvalue weighted by atomic mass is 10.1. The Bertz CT molecular complexity index is 925. The van der Waals surface area contributed by atoms with E-state index in [9.17, 15) is 14.0 Å². The molecule has 5 nitrogen and oxygen atoms in total. The maximum absolute atomic E-state index is 13.3. The normalized spacial score (nSPS) is 17.7. The van der Waals surface area contributed by atoms with Crippen molar-refractivity contribution in [2.24, 2.45) is 10.9 Å². The topological polar surface area (TPSA) is 61.8 Å². The summed E-state index contributed by atoms with van der Waals surface area (Å²) in [6.07, 6.45) is 1.26. The molecule has 7 heteroatoms. The predicted molar refractivity (Wildman–Crippen MR) is 102 cm³/mol. The van der Waals surface area contributed by atoms with Crippen LogP contribution in [0.5, 0.6) is 0 Å². The van der Waals surface area contributed by atoms with E-state index >= 15 is 0 Å². The fourth-order valence-electron chi connectivity index (χ4n) is 2.53. The van der Waals surface area contributed by atoms with E-state index in [1.807, 2.05) is 19.1 Å². The average Bonchev–Trinajstić information content (AvgIpc) is 2.59. The van der Waals surface area contributed by atoms with Crippen LogP contribution in [0.2, 0.25) is 0 Å². The van der Waals surface area contributed by atoms with Gasteiger partial charge in [0.05, 0.1) is 11.4 Å². The lowest BCUT2D eigenvalue weighted by molar-refractivity contribution is -0.130. The van der Waals surface area contributed by atoms with E-state index in [0.717, 1.165) is 5.56 Å². The quantitative estimate of drug-likeness (QED) is 0.513. The van der Waals surface area contributed by atoms with Crippen molar-refractivity contribution in [1.82, 2.24) is 5.32 Å². The molecule has 1 fully saturated rings. The van der Waals surface area contributed by atoms with Gasteiger partial charge in [-0.2, -0.15) is 0 Å². The van der Waals surface area contributed by atoms with Crippen molar-refractivity contribution in [1.29, 1.82) is 0 Å². The molecule has 3 rings (SSSR count). The van der Waals surface area contributed by atoms with Gasteiger partial charge < -0.3 is 5.32 Å². The van der Waals surface area contributed by atoms with Gasteiger partial charge in [0.2, 0.25) is 5.91 Å². The molecule has 2 aromatic carbocycles. The first kappa shape index (κ1) is 17.9. The predicted octanol–water partition coefficient (Wildman–Crippen LogP) is 3.21. The smallest absolute Gasteiger partial charge is 0.251 e. The number of nitrogens with zero attached hydrogens (tertiary/aromatic N) is 2. The molecule has 0 aromatic heterocycles. The Labute approximate surface area is 155 Å². The van der Waals surface area contributed by atoms with E-state index in [4.69, 9.17) is 12.2 Å². The monoisotopic (exact) mass is 369 g/mol. The highest BCUT2D eigenvalue weighted by atomic mass is 32.1. The van der Waals surface area contributed by atoms with Crippen LogP contribution in [0.1, 0.15) is 11.1 Å². The minimum Gasteiger partial charge on any atom is -0.301 e. The van der Waals surface area contributed by atoms with Gasteiger partial charge in [0.1, 0.15) is 5.82 Å². The van der Waals surface area contributed by atoms with Crippen LogP contribution in [0, 0.1) is 25.6 Å². The minimum atomic E-state index is -1.12. The number of hydrogen-bond acceptors (Lipinski definition) is 4. The highest BCUT2D eigenvalue weighted by Gasteiger charge is 2.38. The highest BCUT2D eigenvalue weighted by molar-refractivity contribution is 7.80. The van der Waals surface area contributed by atoms with Gasteiger partial charge in [-0.3, -0.25) is 19.5 Å². The molecule has 0 unspecified atom stereocenters. The van der Waals surface area contributed by atoms with Crippen molar-refractivity contribution in [3.05, 3.63) is 59.4 Å². The summed E-state index contributed by atoms with van der Waals surface area (Å²) in [5.74, 6) is -2.48. The number of aryl methyl sites for hydroxylation is 2. The van der Waals surface area contributed by atoms with E-state index < -0.39 is 17.7 Å². The molecule has 0 aliphatic carbocycles. The van der Waals surface area contributed by atoms with Crippen molar-refractivity contribution in [3.8, 4) is 0 Å². The lowest BCUT2D eigenvalue weighted by Crippen LogP contribution is -2.58. The Hall–Kier alpha value is -2.93. The molecule has 0 saturated carbocycles. The number of carbonyl (C=O) groups is 2. The van der Waals surface area contributed by atoms with Gasteiger partial charge in [-0.25, -0.2) is 4.39 Å². The molecule has 0 radical (unpaired) electrons. The summed E-state index contributed by atoms with van der Waals surface area (Å²) in [6.45, 7) is 3.55. The second-order valence-electron chi connectivity index (χ2n) is 5.99. The first-order valence-corrected chi connectivity index (χ1v) is 8.33. The van der Waals surface area contributed by atoms with Crippen molar-refractivity contribution < 1.29 is 14.0 Å². The zero-order chi connectivity index (χ0) is 18.8. The van der Waals surface area contributed by atoms with Gasteiger partial charge in [0.15, 0.2) is 11.0 Å². The third-order valence-electron chi connectivity index (χ3n) is 4.01. The number of anilines is 1. The van der Waals surface area contributed by atoms with E-state index in [2.05, 4.69) is 10.3 Å². The molecule has 1 aliphatic rings. The molecule has 1 heterocycles. The Morgan fingerprint density at radius 3 is 2.50 bits per heavy atom. The molecule has 2 amide bonds. The standard InChI is InChI=1S/C19H16FN3O2S/c1-11-3-6-14(7-4-11)23-18(25)15(17(24)22-19(23)26)10-21-13-5-8-16(20)12(2)9-13/h3-10,15H,1-2H3,(H,22,24,26)/t15-/m1/s1. The first-order valence-electron chi connectivity index (χ1n) is 7.92. The van der Waals surface area contributed by atoms with Crippen LogP contribution < -0.4 is 10.2 Å². The van der Waals surface area contributed by atoms with Crippen LogP contribution in [0.25, 0.3) is 0 Å². The summed E-state index contributed by atoms with van der Waals surface area (Å²) in [6, 6.07) is 11.5. The van der Waals surface area contributed by atoms with Crippen molar-refractivity contribution in [2.45, 2.75) is 13.8 Å². The summed E-state index contributed by atoms with van der Waals surface area (Å²) in [7, 11) is 0. The van der Waals surface area contributed by atoms with Crippen LogP contribution in [0.15, 0.2) is 47.5 Å². The number of carbonyl (C=O) groups excluding carboxylic acids is 2. The minimum absolute atomic E-state index is 0.0335. The highest BCUT2D eigenvalue weighted by Crippen LogP contribution is 2.22. The molecule has 0 spiro atoms. The molecule has 1 saturated heterocycles. The van der Waals surface area contributed by atoms with Gasteiger partial charge in [-0.1, -0.05) is 17.7 Å². The Morgan fingerprint density at radius 1 is 1.15 bits per heavy atom. The molecule has 1 atom stereocenters. The van der Waals surface area contributed by atoms with E-state index in [0.29, 0.717) is 16.9 Å². The molecule has 2 aromatic rings. The summed E-state index contributed by atoms with van der Waals surface area (Å²) in [4.78, 5) is 30.4. The maximum atomic E-state index is 13.3. The number of thiocarbonyl (C=S) groups is 1. The van der Waals surface area contributed by atoms with E-state index in [1.165, 1.54) is 23.2 Å². The SMILES string of the molecule is Cc1ccc(N2C(=O)[C@H](C=Nc3ccc(F)c(C)c3)C(=O)NC2=S)cc1. The molecular weight excluding hydrogens is 353 g/mol. The molecule has 1 aliphatic heterocycles. The maximum Gasteiger partial charge on any atom is 0.251 e. The van der Waals surface area contributed by atoms with Crippen molar-refractivity contribution >= 4 is 46.7 Å². The molecule has 132 valence electrons. The zero-order valence-electron chi connectivity index (χ0n) is 14.2. The first-order chi connectivity index (χ1) is 12.4. The van der Waals surface area contributed by atoms with Crippen LogP contribution in [0.3, 0.4) is 0 Å². The molecule has 0 bridgehead atoms. The fraction of sp³-hybridized carbons (Fsp3) is 0.158. The lowest BCUT2D eigenvalue weighted by Gasteiger charge is -2.30. The van der Waals surface area contributed by atoms with Gasteiger partial charge >= 0.3 is 0 Å². The van der Waals surface area contributed by atoms with Crippen LogP contribution in [-0.4, -0.2) is 23.1 Å². The summed E-state index contributed by atoms with van der Waals surface area (Å²) < 4.78 is 13.3. The van der Waals surface area contributed by atoms with Gasteiger partial charge in [0.25, 0.3) is 5.91 Å². The number of aliphatic imine (C=N–C) groups is 1. The Kier molecular flexibility index (Phi) is 4.90. The molecule has 1 N–H and O–H groups in total. The van der Waals surface area contributed by atoms with Crippen molar-refractivity contribution in [3.63, 3.8) is 0 Å². The Morgan fingerprint density at radius 2 is 1.85 bits per heavy atom. The number of amides is 2. The average molecular weight is 369 g/mol. The van der Waals surface area contributed by atoms with Crippen LogP contribution >= 0.6 is 12.2 Å². The van der Waals surface area contributed by atoms with Gasteiger partial charge in [-0.05, 0) is 62.0 Å². The third-order valence-corrected chi connectivity index (χ3v) is 4.29. The largest absolute Gasteiger partial charge is 0.301 e.